The highest BCUT2D eigenvalue weighted by Crippen LogP contribution is 2.22. The fourth-order valence-corrected chi connectivity index (χ4v) is 2.88. The maximum Gasteiger partial charge on any atom is 0.306 e. The minimum atomic E-state index is -0.313. The zero-order valence-corrected chi connectivity index (χ0v) is 12.0. The van der Waals surface area contributed by atoms with Crippen LogP contribution in [-0.2, 0) is 19.1 Å². The number of Topliss-reactive ketones (excluding diaryl/α,β-unsaturated/α-hetero) is 1. The standard InChI is InChI=1S/C14H22N2O4/c1-2-20-14(19)6-4-12(17)10-15-7-8-16-11(9-15)3-5-13(16)18/h11H,2-10H2,1H3. The van der Waals surface area contributed by atoms with Gasteiger partial charge in [0.25, 0.3) is 0 Å². The van der Waals surface area contributed by atoms with Gasteiger partial charge in [-0.3, -0.25) is 19.3 Å². The molecule has 0 aromatic rings. The van der Waals surface area contributed by atoms with Gasteiger partial charge in [0.2, 0.25) is 5.91 Å². The number of rotatable bonds is 6. The Kier molecular flexibility index (Phi) is 5.11. The molecule has 2 rings (SSSR count). The van der Waals surface area contributed by atoms with Crippen molar-refractivity contribution >= 4 is 17.7 Å². The average molecular weight is 282 g/mol. The second kappa shape index (κ2) is 6.83. The molecule has 0 bridgehead atoms. The first-order chi connectivity index (χ1) is 9.60. The lowest BCUT2D eigenvalue weighted by atomic mass is 10.1. The highest BCUT2D eigenvalue weighted by atomic mass is 16.5. The summed E-state index contributed by atoms with van der Waals surface area (Å²) in [4.78, 5) is 38.6. The molecule has 0 saturated carbocycles. The van der Waals surface area contributed by atoms with Crippen molar-refractivity contribution < 1.29 is 19.1 Å². The van der Waals surface area contributed by atoms with Crippen molar-refractivity contribution in [2.45, 2.75) is 38.6 Å². The summed E-state index contributed by atoms with van der Waals surface area (Å²) >= 11 is 0. The summed E-state index contributed by atoms with van der Waals surface area (Å²) in [5.41, 5.74) is 0. The smallest absolute Gasteiger partial charge is 0.306 e. The van der Waals surface area contributed by atoms with Crippen LogP contribution in [0.2, 0.25) is 0 Å². The minimum Gasteiger partial charge on any atom is -0.466 e. The van der Waals surface area contributed by atoms with E-state index < -0.39 is 0 Å². The molecule has 6 heteroatoms. The lowest BCUT2D eigenvalue weighted by Crippen LogP contribution is -2.52. The van der Waals surface area contributed by atoms with Crippen LogP contribution >= 0.6 is 0 Å². The lowest BCUT2D eigenvalue weighted by molar-refractivity contribution is -0.144. The molecule has 1 amide bonds. The molecule has 0 N–H and O–H groups in total. The van der Waals surface area contributed by atoms with Gasteiger partial charge in [0, 0.05) is 38.5 Å². The van der Waals surface area contributed by atoms with E-state index in [0.717, 1.165) is 19.5 Å². The van der Waals surface area contributed by atoms with Gasteiger partial charge in [0.05, 0.1) is 19.6 Å². The van der Waals surface area contributed by atoms with Crippen LogP contribution in [-0.4, -0.2) is 66.3 Å². The Labute approximate surface area is 119 Å². The predicted molar refractivity (Wildman–Crippen MR) is 72.0 cm³/mol. The van der Waals surface area contributed by atoms with Gasteiger partial charge >= 0.3 is 5.97 Å². The molecular formula is C14H22N2O4. The Hall–Kier alpha value is -1.43. The van der Waals surface area contributed by atoms with E-state index in [0.29, 0.717) is 26.1 Å². The summed E-state index contributed by atoms with van der Waals surface area (Å²) < 4.78 is 4.80. The lowest BCUT2D eigenvalue weighted by Gasteiger charge is -2.37. The van der Waals surface area contributed by atoms with Crippen LogP contribution in [0.5, 0.6) is 0 Å². The Bertz CT molecular complexity index is 397. The van der Waals surface area contributed by atoms with E-state index in [1.54, 1.807) is 6.92 Å². The zero-order chi connectivity index (χ0) is 14.5. The second-order valence-electron chi connectivity index (χ2n) is 5.36. The Balaban J connectivity index is 1.70. The fraction of sp³-hybridized carbons (Fsp3) is 0.786. The predicted octanol–water partition coefficient (Wildman–Crippen LogP) is 0.205. The van der Waals surface area contributed by atoms with Gasteiger partial charge in [-0.15, -0.1) is 0 Å². The van der Waals surface area contributed by atoms with Crippen LogP contribution in [0.3, 0.4) is 0 Å². The van der Waals surface area contributed by atoms with E-state index in [4.69, 9.17) is 4.74 Å². The number of carbonyl (C=O) groups is 3. The molecule has 6 nitrogen and oxygen atoms in total. The van der Waals surface area contributed by atoms with Crippen molar-refractivity contribution in [2.24, 2.45) is 0 Å². The number of nitrogens with zero attached hydrogens (tertiary/aromatic N) is 2. The molecular weight excluding hydrogens is 260 g/mol. The number of hydrogen-bond donors (Lipinski definition) is 0. The van der Waals surface area contributed by atoms with Gasteiger partial charge in [-0.2, -0.15) is 0 Å². The Morgan fingerprint density at radius 1 is 1.30 bits per heavy atom. The third kappa shape index (κ3) is 3.79. The quantitative estimate of drug-likeness (QED) is 0.651. The van der Waals surface area contributed by atoms with Gasteiger partial charge in [0.1, 0.15) is 5.78 Å². The molecule has 0 aromatic heterocycles. The largest absolute Gasteiger partial charge is 0.466 e. The molecule has 112 valence electrons. The molecule has 2 aliphatic rings. The van der Waals surface area contributed by atoms with Crippen molar-refractivity contribution in [3.8, 4) is 0 Å². The van der Waals surface area contributed by atoms with E-state index in [1.807, 2.05) is 4.90 Å². The molecule has 1 atom stereocenters. The summed E-state index contributed by atoms with van der Waals surface area (Å²) in [6.07, 6.45) is 1.93. The van der Waals surface area contributed by atoms with Crippen molar-refractivity contribution in [3.05, 3.63) is 0 Å². The third-order valence-electron chi connectivity index (χ3n) is 3.89. The van der Waals surface area contributed by atoms with E-state index in [9.17, 15) is 14.4 Å². The number of piperazine rings is 1. The molecule has 2 aliphatic heterocycles. The molecule has 0 radical (unpaired) electrons. The second-order valence-corrected chi connectivity index (χ2v) is 5.36. The maximum atomic E-state index is 11.8. The average Bonchev–Trinajstić information content (AvgIpc) is 2.78. The van der Waals surface area contributed by atoms with Gasteiger partial charge < -0.3 is 9.64 Å². The van der Waals surface area contributed by atoms with E-state index in [-0.39, 0.29) is 36.5 Å². The van der Waals surface area contributed by atoms with Crippen LogP contribution in [0.4, 0.5) is 0 Å². The van der Waals surface area contributed by atoms with Gasteiger partial charge in [-0.05, 0) is 13.3 Å². The number of fused-ring (bicyclic) bond motifs is 1. The van der Waals surface area contributed by atoms with Crippen molar-refractivity contribution in [2.75, 3.05) is 32.8 Å². The van der Waals surface area contributed by atoms with Gasteiger partial charge in [-0.1, -0.05) is 0 Å². The van der Waals surface area contributed by atoms with E-state index in [2.05, 4.69) is 4.90 Å². The molecule has 2 saturated heterocycles. The number of ether oxygens (including phenoxy) is 1. The number of amides is 1. The van der Waals surface area contributed by atoms with Gasteiger partial charge in [0.15, 0.2) is 0 Å². The molecule has 0 aliphatic carbocycles. The normalized spacial score (nSPS) is 22.8. The van der Waals surface area contributed by atoms with E-state index in [1.165, 1.54) is 0 Å². The molecule has 1 unspecified atom stereocenters. The van der Waals surface area contributed by atoms with Crippen LogP contribution in [0, 0.1) is 0 Å². The topological polar surface area (TPSA) is 66.9 Å². The van der Waals surface area contributed by atoms with Crippen LogP contribution in [0.15, 0.2) is 0 Å². The molecule has 20 heavy (non-hydrogen) atoms. The van der Waals surface area contributed by atoms with E-state index >= 15 is 0 Å². The number of ketones is 1. The maximum absolute atomic E-state index is 11.8. The van der Waals surface area contributed by atoms with Crippen LogP contribution in [0.25, 0.3) is 0 Å². The monoisotopic (exact) mass is 282 g/mol. The summed E-state index contributed by atoms with van der Waals surface area (Å²) in [6.45, 7) is 4.71. The highest BCUT2D eigenvalue weighted by Gasteiger charge is 2.35. The van der Waals surface area contributed by atoms with Crippen molar-refractivity contribution in [1.82, 2.24) is 9.80 Å². The Morgan fingerprint density at radius 3 is 2.85 bits per heavy atom. The third-order valence-corrected chi connectivity index (χ3v) is 3.89. The highest BCUT2D eigenvalue weighted by molar-refractivity contribution is 5.84. The first-order valence-electron chi connectivity index (χ1n) is 7.29. The molecule has 0 spiro atoms. The first-order valence-corrected chi connectivity index (χ1v) is 7.29. The zero-order valence-electron chi connectivity index (χ0n) is 12.0. The minimum absolute atomic E-state index is 0.0656. The fourth-order valence-electron chi connectivity index (χ4n) is 2.88. The van der Waals surface area contributed by atoms with Crippen LogP contribution < -0.4 is 0 Å². The SMILES string of the molecule is CCOC(=O)CCC(=O)CN1CCN2C(=O)CCC2C1. The summed E-state index contributed by atoms with van der Waals surface area (Å²) in [6, 6.07) is 0.272. The number of carbonyl (C=O) groups excluding carboxylic acids is 3. The molecule has 2 heterocycles. The number of hydrogen-bond acceptors (Lipinski definition) is 5. The summed E-state index contributed by atoms with van der Waals surface area (Å²) in [5, 5.41) is 0. The summed E-state index contributed by atoms with van der Waals surface area (Å²) in [5.74, 6) is -0.00817. The van der Waals surface area contributed by atoms with Crippen LogP contribution in [0.1, 0.15) is 32.6 Å². The number of esters is 1. The van der Waals surface area contributed by atoms with Crippen molar-refractivity contribution in [1.29, 1.82) is 0 Å². The first kappa shape index (κ1) is 15.0. The molecule has 2 fully saturated rings. The van der Waals surface area contributed by atoms with Crippen molar-refractivity contribution in [3.63, 3.8) is 0 Å². The van der Waals surface area contributed by atoms with Gasteiger partial charge in [-0.25, -0.2) is 0 Å². The Morgan fingerprint density at radius 2 is 2.10 bits per heavy atom. The summed E-state index contributed by atoms with van der Waals surface area (Å²) in [7, 11) is 0. The molecule has 0 aromatic carbocycles.